The summed E-state index contributed by atoms with van der Waals surface area (Å²) in [5, 5.41) is 6.95. The van der Waals surface area contributed by atoms with Gasteiger partial charge in [0.05, 0.1) is 0 Å². The molecule has 0 aromatic carbocycles. The van der Waals surface area contributed by atoms with Crippen LogP contribution in [0.4, 0.5) is 0 Å². The van der Waals surface area contributed by atoms with Crippen molar-refractivity contribution in [3.8, 4) is 0 Å². The summed E-state index contributed by atoms with van der Waals surface area (Å²) in [6.45, 7) is 4.41. The van der Waals surface area contributed by atoms with E-state index in [1.807, 2.05) is 13.8 Å². The first kappa shape index (κ1) is 8.22. The molecule has 1 unspecified atom stereocenters. The Morgan fingerprint density at radius 3 is 2.92 bits per heavy atom. The number of amides is 1. The number of rotatable bonds is 1. The van der Waals surface area contributed by atoms with Gasteiger partial charge in [-0.15, -0.1) is 0 Å². The Morgan fingerprint density at radius 2 is 2.46 bits per heavy atom. The highest BCUT2D eigenvalue weighted by atomic mass is 16.2. The smallest absolute Gasteiger partial charge is 0.247 e. The topological polar surface area (TPSA) is 59.8 Å². The van der Waals surface area contributed by atoms with E-state index in [0.717, 1.165) is 6.42 Å². The summed E-state index contributed by atoms with van der Waals surface area (Å²) in [6.07, 6.45) is 2.38. The monoisotopic (exact) mass is 180 g/mol. The van der Waals surface area contributed by atoms with Gasteiger partial charge in [0.25, 0.3) is 0 Å². The maximum atomic E-state index is 11.5. The molecule has 1 N–H and O–H groups in total. The van der Waals surface area contributed by atoms with Crippen molar-refractivity contribution in [2.75, 3.05) is 6.54 Å². The van der Waals surface area contributed by atoms with Gasteiger partial charge in [0.15, 0.2) is 0 Å². The van der Waals surface area contributed by atoms with Crippen molar-refractivity contribution in [3.05, 3.63) is 12.2 Å². The van der Waals surface area contributed by atoms with Crippen LogP contribution in [0, 0.1) is 6.92 Å². The molecule has 1 saturated heterocycles. The molecule has 1 fully saturated rings. The SMILES string of the molecule is Cc1ncn(C2(C)CCNC2=O)n1. The van der Waals surface area contributed by atoms with E-state index in [1.54, 1.807) is 11.0 Å². The first-order valence-corrected chi connectivity index (χ1v) is 4.30. The molecule has 70 valence electrons. The highest BCUT2D eigenvalue weighted by molar-refractivity contribution is 5.85. The first-order valence-electron chi connectivity index (χ1n) is 4.30. The van der Waals surface area contributed by atoms with Crippen molar-refractivity contribution >= 4 is 5.91 Å². The Morgan fingerprint density at radius 1 is 1.69 bits per heavy atom. The number of aryl methyl sites for hydroxylation is 1. The number of carbonyl (C=O) groups excluding carboxylic acids is 1. The summed E-state index contributed by atoms with van der Waals surface area (Å²) in [5.74, 6) is 0.721. The zero-order chi connectivity index (χ0) is 9.47. The van der Waals surface area contributed by atoms with Crippen LogP contribution in [0.5, 0.6) is 0 Å². The molecular formula is C8H12N4O. The standard InChI is InChI=1S/C8H12N4O/c1-6-10-5-12(11-6)8(2)3-4-9-7(8)13/h5H,3-4H2,1-2H3,(H,9,13). The van der Waals surface area contributed by atoms with Crippen LogP contribution in [-0.2, 0) is 10.3 Å². The number of hydrogen-bond donors (Lipinski definition) is 1. The molecule has 5 nitrogen and oxygen atoms in total. The fraction of sp³-hybridized carbons (Fsp3) is 0.625. The second kappa shape index (κ2) is 2.55. The molecule has 1 atom stereocenters. The lowest BCUT2D eigenvalue weighted by Crippen LogP contribution is -2.38. The molecule has 2 heterocycles. The largest absolute Gasteiger partial charge is 0.354 e. The lowest BCUT2D eigenvalue weighted by molar-refractivity contribution is -0.126. The molecule has 0 aliphatic carbocycles. The van der Waals surface area contributed by atoms with Crippen LogP contribution in [0.3, 0.4) is 0 Å². The minimum absolute atomic E-state index is 0.0254. The van der Waals surface area contributed by atoms with Crippen LogP contribution in [0.2, 0.25) is 0 Å². The second-order valence-corrected chi connectivity index (χ2v) is 3.52. The number of nitrogens with one attached hydrogen (secondary N) is 1. The van der Waals surface area contributed by atoms with E-state index in [4.69, 9.17) is 0 Å². The van der Waals surface area contributed by atoms with Crippen molar-refractivity contribution < 1.29 is 4.79 Å². The summed E-state index contributed by atoms with van der Waals surface area (Å²) < 4.78 is 1.64. The Kier molecular flexibility index (Phi) is 1.61. The van der Waals surface area contributed by atoms with E-state index in [0.29, 0.717) is 12.4 Å². The van der Waals surface area contributed by atoms with Gasteiger partial charge in [0.2, 0.25) is 5.91 Å². The first-order chi connectivity index (χ1) is 6.13. The van der Waals surface area contributed by atoms with Crippen molar-refractivity contribution in [2.24, 2.45) is 0 Å². The molecular weight excluding hydrogens is 168 g/mol. The van der Waals surface area contributed by atoms with Gasteiger partial charge in [-0.1, -0.05) is 0 Å². The minimum Gasteiger partial charge on any atom is -0.354 e. The average Bonchev–Trinajstić information content (AvgIpc) is 2.62. The third kappa shape index (κ3) is 1.11. The second-order valence-electron chi connectivity index (χ2n) is 3.52. The van der Waals surface area contributed by atoms with Crippen molar-refractivity contribution in [2.45, 2.75) is 25.8 Å². The molecule has 1 aliphatic rings. The van der Waals surface area contributed by atoms with Gasteiger partial charge >= 0.3 is 0 Å². The molecule has 2 rings (SSSR count). The van der Waals surface area contributed by atoms with E-state index in [2.05, 4.69) is 15.4 Å². The number of nitrogens with zero attached hydrogens (tertiary/aromatic N) is 3. The van der Waals surface area contributed by atoms with E-state index in [9.17, 15) is 4.79 Å². The highest BCUT2D eigenvalue weighted by Gasteiger charge is 2.40. The van der Waals surface area contributed by atoms with Crippen LogP contribution in [0.25, 0.3) is 0 Å². The molecule has 13 heavy (non-hydrogen) atoms. The number of aromatic nitrogens is 3. The minimum atomic E-state index is -0.540. The summed E-state index contributed by atoms with van der Waals surface area (Å²) in [4.78, 5) is 15.5. The van der Waals surface area contributed by atoms with Crippen molar-refractivity contribution in [1.29, 1.82) is 0 Å². The lowest BCUT2D eigenvalue weighted by atomic mass is 10.0. The maximum Gasteiger partial charge on any atom is 0.247 e. The fourth-order valence-corrected chi connectivity index (χ4v) is 1.53. The zero-order valence-corrected chi connectivity index (χ0v) is 7.74. The molecule has 1 aromatic heterocycles. The molecule has 5 heteroatoms. The molecule has 1 aromatic rings. The third-order valence-corrected chi connectivity index (χ3v) is 2.50. The maximum absolute atomic E-state index is 11.5. The lowest BCUT2D eigenvalue weighted by Gasteiger charge is -2.19. The predicted molar refractivity (Wildman–Crippen MR) is 46.0 cm³/mol. The Balaban J connectivity index is 2.39. The van der Waals surface area contributed by atoms with Gasteiger partial charge in [-0.05, 0) is 20.3 Å². The summed E-state index contributed by atoms with van der Waals surface area (Å²) in [5.41, 5.74) is -0.540. The van der Waals surface area contributed by atoms with Crippen LogP contribution < -0.4 is 5.32 Å². The van der Waals surface area contributed by atoms with Crippen molar-refractivity contribution in [3.63, 3.8) is 0 Å². The van der Waals surface area contributed by atoms with E-state index >= 15 is 0 Å². The quantitative estimate of drug-likeness (QED) is 0.652. The van der Waals surface area contributed by atoms with Gasteiger partial charge in [0, 0.05) is 6.54 Å². The molecule has 0 saturated carbocycles. The molecule has 0 bridgehead atoms. The van der Waals surface area contributed by atoms with Gasteiger partial charge in [-0.25, -0.2) is 9.67 Å². The van der Waals surface area contributed by atoms with E-state index in [-0.39, 0.29) is 5.91 Å². The van der Waals surface area contributed by atoms with Crippen molar-refractivity contribution in [1.82, 2.24) is 20.1 Å². The Bertz CT molecular complexity index is 346. The van der Waals surface area contributed by atoms with Crippen LogP contribution in [0.15, 0.2) is 6.33 Å². The molecule has 0 spiro atoms. The molecule has 1 amide bonds. The fourth-order valence-electron chi connectivity index (χ4n) is 1.53. The number of hydrogen-bond acceptors (Lipinski definition) is 3. The van der Waals surface area contributed by atoms with E-state index in [1.165, 1.54) is 0 Å². The van der Waals surface area contributed by atoms with Crippen LogP contribution in [0.1, 0.15) is 19.2 Å². The zero-order valence-electron chi connectivity index (χ0n) is 7.74. The normalized spacial score (nSPS) is 27.7. The summed E-state index contributed by atoms with van der Waals surface area (Å²) in [6, 6.07) is 0. The highest BCUT2D eigenvalue weighted by Crippen LogP contribution is 2.23. The van der Waals surface area contributed by atoms with Gasteiger partial charge in [-0.3, -0.25) is 4.79 Å². The van der Waals surface area contributed by atoms with Gasteiger partial charge in [-0.2, -0.15) is 5.10 Å². The van der Waals surface area contributed by atoms with E-state index < -0.39 is 5.54 Å². The third-order valence-electron chi connectivity index (χ3n) is 2.50. The van der Waals surface area contributed by atoms with Gasteiger partial charge in [0.1, 0.15) is 17.7 Å². The van der Waals surface area contributed by atoms with Crippen LogP contribution >= 0.6 is 0 Å². The summed E-state index contributed by atoms with van der Waals surface area (Å²) >= 11 is 0. The number of carbonyl (C=O) groups is 1. The Hall–Kier alpha value is -1.39. The molecule has 0 radical (unpaired) electrons. The van der Waals surface area contributed by atoms with Gasteiger partial charge < -0.3 is 5.32 Å². The summed E-state index contributed by atoms with van der Waals surface area (Å²) in [7, 11) is 0. The Labute approximate surface area is 76.2 Å². The molecule has 1 aliphatic heterocycles. The predicted octanol–water partition coefficient (Wildman–Crippen LogP) is -0.178. The average molecular weight is 180 g/mol. The van der Waals surface area contributed by atoms with Crippen LogP contribution in [-0.4, -0.2) is 27.2 Å².